The standard InChI is InChI=1S/C16H12Br2ClNO3/c1-9(21)23-15-10(6-11(17)7-13(15)18)8-20-16(22)12-4-2-3-5-14(12)19/h2-7H,8H2,1H3,(H,20,22). The van der Waals surface area contributed by atoms with E-state index in [1.54, 1.807) is 36.4 Å². The predicted octanol–water partition coefficient (Wildman–Crippen LogP) is 4.72. The Morgan fingerprint density at radius 1 is 1.22 bits per heavy atom. The Kier molecular flexibility index (Phi) is 6.21. The van der Waals surface area contributed by atoms with Crippen molar-refractivity contribution >= 4 is 55.3 Å². The molecule has 1 N–H and O–H groups in total. The van der Waals surface area contributed by atoms with Crippen LogP contribution in [-0.4, -0.2) is 11.9 Å². The number of esters is 1. The number of rotatable bonds is 4. The number of hydrogen-bond acceptors (Lipinski definition) is 3. The van der Waals surface area contributed by atoms with Crippen molar-refractivity contribution in [3.63, 3.8) is 0 Å². The number of carbonyl (C=O) groups is 2. The van der Waals surface area contributed by atoms with E-state index in [0.717, 1.165) is 4.47 Å². The molecule has 0 saturated heterocycles. The van der Waals surface area contributed by atoms with Crippen molar-refractivity contribution in [2.24, 2.45) is 0 Å². The van der Waals surface area contributed by atoms with Crippen molar-refractivity contribution in [1.29, 1.82) is 0 Å². The first-order valence-corrected chi connectivity index (χ1v) is 8.54. The van der Waals surface area contributed by atoms with Crippen LogP contribution in [-0.2, 0) is 11.3 Å². The van der Waals surface area contributed by atoms with Gasteiger partial charge in [0.1, 0.15) is 5.75 Å². The molecule has 120 valence electrons. The Morgan fingerprint density at radius 2 is 1.91 bits per heavy atom. The number of ether oxygens (including phenoxy) is 1. The largest absolute Gasteiger partial charge is 0.425 e. The topological polar surface area (TPSA) is 55.4 Å². The highest BCUT2D eigenvalue weighted by Crippen LogP contribution is 2.33. The molecule has 0 aliphatic heterocycles. The Balaban J connectivity index is 2.21. The molecule has 23 heavy (non-hydrogen) atoms. The summed E-state index contributed by atoms with van der Waals surface area (Å²) < 4.78 is 6.62. The first kappa shape index (κ1) is 18.0. The zero-order valence-corrected chi connectivity index (χ0v) is 16.0. The summed E-state index contributed by atoms with van der Waals surface area (Å²) in [5.41, 5.74) is 1.04. The Bertz CT molecular complexity index is 765. The van der Waals surface area contributed by atoms with Crippen LogP contribution in [0.4, 0.5) is 0 Å². The number of benzene rings is 2. The fraction of sp³-hybridized carbons (Fsp3) is 0.125. The Morgan fingerprint density at radius 3 is 2.57 bits per heavy atom. The predicted molar refractivity (Wildman–Crippen MR) is 95.8 cm³/mol. The molecule has 2 aromatic rings. The molecule has 0 aliphatic carbocycles. The first-order chi connectivity index (χ1) is 10.9. The van der Waals surface area contributed by atoms with Crippen LogP contribution >= 0.6 is 43.5 Å². The lowest BCUT2D eigenvalue weighted by Crippen LogP contribution is -2.23. The van der Waals surface area contributed by atoms with Gasteiger partial charge in [-0.05, 0) is 40.2 Å². The summed E-state index contributed by atoms with van der Waals surface area (Å²) in [7, 11) is 0. The minimum atomic E-state index is -0.438. The molecule has 0 aliphatic rings. The van der Waals surface area contributed by atoms with Gasteiger partial charge < -0.3 is 10.1 Å². The van der Waals surface area contributed by atoms with E-state index in [4.69, 9.17) is 16.3 Å². The van der Waals surface area contributed by atoms with Crippen molar-refractivity contribution in [2.45, 2.75) is 13.5 Å². The average Bonchev–Trinajstić information content (AvgIpc) is 2.48. The van der Waals surface area contributed by atoms with Crippen molar-refractivity contribution in [3.05, 3.63) is 61.5 Å². The third kappa shape index (κ3) is 4.80. The molecule has 0 radical (unpaired) electrons. The molecule has 0 fully saturated rings. The van der Waals surface area contributed by atoms with Crippen LogP contribution in [0.3, 0.4) is 0 Å². The van der Waals surface area contributed by atoms with Gasteiger partial charge in [-0.2, -0.15) is 0 Å². The van der Waals surface area contributed by atoms with E-state index in [2.05, 4.69) is 37.2 Å². The van der Waals surface area contributed by atoms with E-state index in [1.807, 2.05) is 0 Å². The van der Waals surface area contributed by atoms with E-state index in [-0.39, 0.29) is 12.5 Å². The second-order valence-electron chi connectivity index (χ2n) is 4.63. The molecule has 0 saturated carbocycles. The summed E-state index contributed by atoms with van der Waals surface area (Å²) in [6.07, 6.45) is 0. The molecular weight excluding hydrogens is 449 g/mol. The molecule has 4 nitrogen and oxygen atoms in total. The normalized spacial score (nSPS) is 10.3. The van der Waals surface area contributed by atoms with E-state index >= 15 is 0 Å². The monoisotopic (exact) mass is 459 g/mol. The lowest BCUT2D eigenvalue weighted by Gasteiger charge is -2.13. The van der Waals surface area contributed by atoms with Gasteiger partial charge >= 0.3 is 5.97 Å². The molecule has 7 heteroatoms. The highest BCUT2D eigenvalue weighted by atomic mass is 79.9. The molecule has 0 bridgehead atoms. The van der Waals surface area contributed by atoms with Crippen LogP contribution in [0.25, 0.3) is 0 Å². The van der Waals surface area contributed by atoms with E-state index in [0.29, 0.717) is 26.4 Å². The van der Waals surface area contributed by atoms with Crippen molar-refractivity contribution < 1.29 is 14.3 Å². The Hall–Kier alpha value is -1.37. The van der Waals surface area contributed by atoms with Gasteiger partial charge in [0.05, 0.1) is 15.1 Å². The number of halogens is 3. The van der Waals surface area contributed by atoms with Crippen LogP contribution < -0.4 is 10.1 Å². The van der Waals surface area contributed by atoms with E-state index in [9.17, 15) is 9.59 Å². The van der Waals surface area contributed by atoms with Gasteiger partial charge in [-0.1, -0.05) is 39.7 Å². The SMILES string of the molecule is CC(=O)Oc1c(Br)cc(Br)cc1CNC(=O)c1ccccc1Cl. The quantitative estimate of drug-likeness (QED) is 0.530. The smallest absolute Gasteiger partial charge is 0.308 e. The van der Waals surface area contributed by atoms with Crippen molar-refractivity contribution in [2.75, 3.05) is 0 Å². The first-order valence-electron chi connectivity index (χ1n) is 6.57. The van der Waals surface area contributed by atoms with Gasteiger partial charge in [-0.3, -0.25) is 9.59 Å². The van der Waals surface area contributed by atoms with Gasteiger partial charge in [0.25, 0.3) is 5.91 Å². The van der Waals surface area contributed by atoms with Crippen LogP contribution in [0, 0.1) is 0 Å². The Labute approximate surface area is 155 Å². The van der Waals surface area contributed by atoms with E-state index < -0.39 is 5.97 Å². The number of carbonyl (C=O) groups excluding carboxylic acids is 2. The minimum absolute atomic E-state index is 0.185. The van der Waals surface area contributed by atoms with Crippen LogP contribution in [0.15, 0.2) is 45.3 Å². The molecular formula is C16H12Br2ClNO3. The van der Waals surface area contributed by atoms with Crippen molar-refractivity contribution in [3.8, 4) is 5.75 Å². The lowest BCUT2D eigenvalue weighted by atomic mass is 10.1. The molecule has 0 spiro atoms. The molecule has 0 aromatic heterocycles. The number of amides is 1. The van der Waals surface area contributed by atoms with Crippen LogP contribution in [0.1, 0.15) is 22.8 Å². The van der Waals surface area contributed by atoms with Gasteiger partial charge in [-0.25, -0.2) is 0 Å². The zero-order chi connectivity index (χ0) is 17.0. The fourth-order valence-electron chi connectivity index (χ4n) is 1.92. The van der Waals surface area contributed by atoms with Crippen molar-refractivity contribution in [1.82, 2.24) is 5.32 Å². The molecule has 0 unspecified atom stereocenters. The summed E-state index contributed by atoms with van der Waals surface area (Å²) >= 11 is 12.7. The summed E-state index contributed by atoms with van der Waals surface area (Å²) in [5, 5.41) is 3.14. The highest BCUT2D eigenvalue weighted by Gasteiger charge is 2.15. The van der Waals surface area contributed by atoms with Gasteiger partial charge in [0.2, 0.25) is 0 Å². The highest BCUT2D eigenvalue weighted by molar-refractivity contribution is 9.11. The van der Waals surface area contributed by atoms with Gasteiger partial charge in [0, 0.05) is 23.5 Å². The molecule has 1 amide bonds. The second kappa shape index (κ2) is 7.95. The molecule has 0 atom stereocenters. The maximum Gasteiger partial charge on any atom is 0.308 e. The lowest BCUT2D eigenvalue weighted by molar-refractivity contribution is -0.132. The van der Waals surface area contributed by atoms with Gasteiger partial charge in [-0.15, -0.1) is 0 Å². The minimum Gasteiger partial charge on any atom is -0.425 e. The summed E-state index contributed by atoms with van der Waals surface area (Å²) in [6, 6.07) is 10.3. The maximum absolute atomic E-state index is 12.2. The third-order valence-electron chi connectivity index (χ3n) is 2.89. The number of hydrogen-bond donors (Lipinski definition) is 1. The molecule has 0 heterocycles. The summed E-state index contributed by atoms with van der Waals surface area (Å²) in [4.78, 5) is 23.5. The van der Waals surface area contributed by atoms with Crippen LogP contribution in [0.2, 0.25) is 5.02 Å². The van der Waals surface area contributed by atoms with Crippen LogP contribution in [0.5, 0.6) is 5.75 Å². The van der Waals surface area contributed by atoms with Gasteiger partial charge in [0.15, 0.2) is 0 Å². The molecule has 2 aromatic carbocycles. The number of nitrogens with one attached hydrogen (secondary N) is 1. The fourth-order valence-corrected chi connectivity index (χ4v) is 3.54. The second-order valence-corrected chi connectivity index (χ2v) is 6.81. The zero-order valence-electron chi connectivity index (χ0n) is 12.0. The maximum atomic E-state index is 12.2. The molecule has 2 rings (SSSR count). The summed E-state index contributed by atoms with van der Waals surface area (Å²) in [5.74, 6) is -0.368. The van der Waals surface area contributed by atoms with E-state index in [1.165, 1.54) is 6.92 Å². The average molecular weight is 462 g/mol. The summed E-state index contributed by atoms with van der Waals surface area (Å²) in [6.45, 7) is 1.51. The third-order valence-corrected chi connectivity index (χ3v) is 4.27.